The summed E-state index contributed by atoms with van der Waals surface area (Å²) in [6.45, 7) is 0.625. The van der Waals surface area contributed by atoms with Gasteiger partial charge in [-0.3, -0.25) is 14.6 Å². The summed E-state index contributed by atoms with van der Waals surface area (Å²) in [6, 6.07) is 16.5. The van der Waals surface area contributed by atoms with Gasteiger partial charge in [0.05, 0.1) is 18.2 Å². The van der Waals surface area contributed by atoms with Crippen molar-refractivity contribution in [2.75, 3.05) is 23.9 Å². The lowest BCUT2D eigenvalue weighted by Gasteiger charge is -2.17. The highest BCUT2D eigenvalue weighted by molar-refractivity contribution is 6.10. The molecule has 0 bridgehead atoms. The molecule has 0 fully saturated rings. The molecular weight excluding hydrogens is 354 g/mol. The van der Waals surface area contributed by atoms with Gasteiger partial charge in [-0.2, -0.15) is 0 Å². The second-order valence-electron chi connectivity index (χ2n) is 6.48. The molecule has 1 aliphatic rings. The molecule has 0 saturated heterocycles. The molecule has 6 nitrogen and oxygen atoms in total. The number of methoxy groups -OCH3 is 1. The van der Waals surface area contributed by atoms with E-state index in [0.29, 0.717) is 29.1 Å². The highest BCUT2D eigenvalue weighted by Gasteiger charge is 2.25. The van der Waals surface area contributed by atoms with Crippen LogP contribution in [0.1, 0.15) is 26.3 Å². The summed E-state index contributed by atoms with van der Waals surface area (Å²) in [5, 5.41) is 2.80. The average Bonchev–Trinajstić information content (AvgIpc) is 3.18. The standard InChI is InChI=1S/C22H19N3O3/c1-28-19-8-6-18(7-9-19)24-21(26)16-12-17(14-23-13-16)22(27)25-11-10-15-4-2-3-5-20(15)25/h2-9,12-14H,10-11H2,1H3,(H,24,26). The lowest BCUT2D eigenvalue weighted by atomic mass is 10.1. The maximum absolute atomic E-state index is 13.0. The molecule has 0 atom stereocenters. The summed E-state index contributed by atoms with van der Waals surface area (Å²) in [7, 11) is 1.58. The molecule has 2 aromatic carbocycles. The van der Waals surface area contributed by atoms with Crippen LogP contribution in [0.5, 0.6) is 5.75 Å². The number of carbonyl (C=O) groups is 2. The number of hydrogen-bond acceptors (Lipinski definition) is 4. The molecule has 2 heterocycles. The van der Waals surface area contributed by atoms with E-state index >= 15 is 0 Å². The number of aromatic nitrogens is 1. The van der Waals surface area contributed by atoms with Gasteiger partial charge in [-0.1, -0.05) is 18.2 Å². The highest BCUT2D eigenvalue weighted by atomic mass is 16.5. The molecule has 0 aliphatic carbocycles. The van der Waals surface area contributed by atoms with Crippen LogP contribution < -0.4 is 15.0 Å². The molecule has 4 rings (SSSR count). The van der Waals surface area contributed by atoms with Crippen LogP contribution in [-0.4, -0.2) is 30.5 Å². The first-order chi connectivity index (χ1) is 13.7. The lowest BCUT2D eigenvalue weighted by molar-refractivity contribution is 0.0989. The number of rotatable bonds is 4. The Bertz CT molecular complexity index is 1030. The van der Waals surface area contributed by atoms with E-state index < -0.39 is 0 Å². The van der Waals surface area contributed by atoms with Crippen LogP contribution in [0.25, 0.3) is 0 Å². The molecular formula is C22H19N3O3. The number of nitrogens with zero attached hydrogens (tertiary/aromatic N) is 2. The average molecular weight is 373 g/mol. The van der Waals surface area contributed by atoms with Gasteiger partial charge in [-0.05, 0) is 48.4 Å². The Kier molecular flexibility index (Phi) is 4.76. The third-order valence-corrected chi connectivity index (χ3v) is 4.73. The number of nitrogens with one attached hydrogen (secondary N) is 1. The van der Waals surface area contributed by atoms with Crippen molar-refractivity contribution in [2.45, 2.75) is 6.42 Å². The van der Waals surface area contributed by atoms with Crippen LogP contribution in [-0.2, 0) is 6.42 Å². The Morgan fingerprint density at radius 2 is 1.79 bits per heavy atom. The summed E-state index contributed by atoms with van der Waals surface area (Å²) in [5.74, 6) is 0.226. The molecule has 1 aliphatic heterocycles. The molecule has 1 aromatic heterocycles. The zero-order valence-corrected chi connectivity index (χ0v) is 15.4. The Morgan fingerprint density at radius 3 is 2.57 bits per heavy atom. The summed E-state index contributed by atoms with van der Waals surface area (Å²) >= 11 is 0. The van der Waals surface area contributed by atoms with Crippen LogP contribution in [0.15, 0.2) is 67.0 Å². The fraction of sp³-hybridized carbons (Fsp3) is 0.136. The number of para-hydroxylation sites is 1. The van der Waals surface area contributed by atoms with E-state index in [1.807, 2.05) is 24.3 Å². The predicted molar refractivity (Wildman–Crippen MR) is 107 cm³/mol. The first-order valence-corrected chi connectivity index (χ1v) is 8.96. The normalized spacial score (nSPS) is 12.4. The molecule has 0 radical (unpaired) electrons. The minimum absolute atomic E-state index is 0.156. The first-order valence-electron chi connectivity index (χ1n) is 8.96. The van der Waals surface area contributed by atoms with Crippen LogP contribution >= 0.6 is 0 Å². The second-order valence-corrected chi connectivity index (χ2v) is 6.48. The number of ether oxygens (including phenoxy) is 1. The monoisotopic (exact) mass is 373 g/mol. The zero-order chi connectivity index (χ0) is 19.5. The van der Waals surface area contributed by atoms with Crippen molar-refractivity contribution in [1.82, 2.24) is 4.98 Å². The fourth-order valence-corrected chi connectivity index (χ4v) is 3.26. The zero-order valence-electron chi connectivity index (χ0n) is 15.4. The molecule has 3 aromatic rings. The Hall–Kier alpha value is -3.67. The van der Waals surface area contributed by atoms with Gasteiger partial charge in [0.25, 0.3) is 11.8 Å². The van der Waals surface area contributed by atoms with Crippen molar-refractivity contribution >= 4 is 23.2 Å². The van der Waals surface area contributed by atoms with Gasteiger partial charge < -0.3 is 15.0 Å². The maximum atomic E-state index is 13.0. The lowest BCUT2D eigenvalue weighted by Crippen LogP contribution is -2.29. The molecule has 2 amide bonds. The highest BCUT2D eigenvalue weighted by Crippen LogP contribution is 2.28. The number of fused-ring (bicyclic) bond motifs is 1. The Balaban J connectivity index is 1.52. The Labute approximate surface area is 162 Å². The second kappa shape index (κ2) is 7.52. The third kappa shape index (κ3) is 3.44. The van der Waals surface area contributed by atoms with Crippen molar-refractivity contribution in [3.63, 3.8) is 0 Å². The molecule has 0 spiro atoms. The molecule has 0 unspecified atom stereocenters. The summed E-state index contributed by atoms with van der Waals surface area (Å²) in [5.41, 5.74) is 3.42. The number of benzene rings is 2. The number of amides is 2. The van der Waals surface area contributed by atoms with Gasteiger partial charge in [-0.15, -0.1) is 0 Å². The molecule has 28 heavy (non-hydrogen) atoms. The SMILES string of the molecule is COc1ccc(NC(=O)c2cncc(C(=O)N3CCc4ccccc43)c2)cc1. The van der Waals surface area contributed by atoms with Gasteiger partial charge in [0, 0.05) is 30.3 Å². The molecule has 6 heteroatoms. The van der Waals surface area contributed by atoms with E-state index in [4.69, 9.17) is 4.74 Å². The molecule has 0 saturated carbocycles. The van der Waals surface area contributed by atoms with Crippen LogP contribution in [0, 0.1) is 0 Å². The van der Waals surface area contributed by atoms with Crippen molar-refractivity contribution in [2.24, 2.45) is 0 Å². The van der Waals surface area contributed by atoms with Gasteiger partial charge in [0.1, 0.15) is 5.75 Å². The summed E-state index contributed by atoms with van der Waals surface area (Å²) in [4.78, 5) is 31.3. The van der Waals surface area contributed by atoms with E-state index in [0.717, 1.165) is 17.7 Å². The number of carbonyl (C=O) groups excluding carboxylic acids is 2. The van der Waals surface area contributed by atoms with Crippen molar-refractivity contribution in [3.05, 3.63) is 83.7 Å². The van der Waals surface area contributed by atoms with E-state index in [1.165, 1.54) is 12.4 Å². The minimum atomic E-state index is -0.325. The topological polar surface area (TPSA) is 71.5 Å². The van der Waals surface area contributed by atoms with E-state index in [-0.39, 0.29) is 11.8 Å². The first kappa shape index (κ1) is 17.7. The number of pyridine rings is 1. The number of anilines is 2. The van der Waals surface area contributed by atoms with Crippen LogP contribution in [0.3, 0.4) is 0 Å². The third-order valence-electron chi connectivity index (χ3n) is 4.73. The largest absolute Gasteiger partial charge is 0.497 e. The van der Waals surface area contributed by atoms with Crippen LogP contribution in [0.4, 0.5) is 11.4 Å². The van der Waals surface area contributed by atoms with Crippen molar-refractivity contribution < 1.29 is 14.3 Å². The van der Waals surface area contributed by atoms with E-state index in [9.17, 15) is 9.59 Å². The number of hydrogen-bond donors (Lipinski definition) is 1. The molecule has 140 valence electrons. The van der Waals surface area contributed by atoms with E-state index in [1.54, 1.807) is 42.3 Å². The summed E-state index contributed by atoms with van der Waals surface area (Å²) in [6.07, 6.45) is 3.77. The Morgan fingerprint density at radius 1 is 1.04 bits per heavy atom. The predicted octanol–water partition coefficient (Wildman–Crippen LogP) is 3.55. The molecule has 1 N–H and O–H groups in total. The van der Waals surface area contributed by atoms with E-state index in [2.05, 4.69) is 10.3 Å². The van der Waals surface area contributed by atoms with Gasteiger partial charge in [0.15, 0.2) is 0 Å². The van der Waals surface area contributed by atoms with Crippen LogP contribution in [0.2, 0.25) is 0 Å². The quantitative estimate of drug-likeness (QED) is 0.759. The maximum Gasteiger partial charge on any atom is 0.259 e. The smallest absolute Gasteiger partial charge is 0.259 e. The minimum Gasteiger partial charge on any atom is -0.497 e. The fourth-order valence-electron chi connectivity index (χ4n) is 3.26. The van der Waals surface area contributed by atoms with Gasteiger partial charge >= 0.3 is 0 Å². The van der Waals surface area contributed by atoms with Gasteiger partial charge in [0.2, 0.25) is 0 Å². The summed E-state index contributed by atoms with van der Waals surface area (Å²) < 4.78 is 5.11. The van der Waals surface area contributed by atoms with Crippen molar-refractivity contribution in [1.29, 1.82) is 0 Å². The van der Waals surface area contributed by atoms with Gasteiger partial charge in [-0.25, -0.2) is 0 Å². The van der Waals surface area contributed by atoms with Crippen molar-refractivity contribution in [3.8, 4) is 5.75 Å².